The topological polar surface area (TPSA) is 42.0 Å². The van der Waals surface area contributed by atoms with Crippen LogP contribution in [-0.4, -0.2) is 11.4 Å². The summed E-state index contributed by atoms with van der Waals surface area (Å²) in [5.74, 6) is 0.378. The third kappa shape index (κ3) is 3.48. The third-order valence-corrected chi connectivity index (χ3v) is 3.60. The van der Waals surface area contributed by atoms with E-state index >= 15 is 0 Å². The number of hydrogen-bond acceptors (Lipinski definition) is 2. The zero-order valence-corrected chi connectivity index (χ0v) is 12.9. The number of rotatable bonds is 6. The molecular weight excluding hydrogens is 260 g/mol. The van der Waals surface area contributed by atoms with Crippen molar-refractivity contribution in [1.82, 2.24) is 4.98 Å². The molecule has 0 saturated heterocycles. The van der Waals surface area contributed by atoms with Gasteiger partial charge >= 0.3 is 0 Å². The van der Waals surface area contributed by atoms with Gasteiger partial charge in [0.25, 0.3) is 0 Å². The summed E-state index contributed by atoms with van der Waals surface area (Å²) < 4.78 is 0. The molecule has 3 heteroatoms. The van der Waals surface area contributed by atoms with Crippen LogP contribution in [-0.2, 0) is 11.2 Å². The molecule has 0 atom stereocenters. The fourth-order valence-electron chi connectivity index (χ4n) is 2.59. The van der Waals surface area contributed by atoms with Gasteiger partial charge in [0.15, 0.2) is 0 Å². The van der Waals surface area contributed by atoms with E-state index in [9.17, 15) is 4.79 Å². The van der Waals surface area contributed by atoms with Crippen LogP contribution in [0, 0.1) is 0 Å². The number of benzene rings is 1. The largest absolute Gasteiger partial charge is 0.328 e. The van der Waals surface area contributed by atoms with Gasteiger partial charge in [-0.2, -0.15) is 0 Å². The van der Waals surface area contributed by atoms with Crippen LogP contribution in [0.1, 0.15) is 44.2 Å². The van der Waals surface area contributed by atoms with Crippen LogP contribution in [0.3, 0.4) is 0 Å². The lowest BCUT2D eigenvalue weighted by Crippen LogP contribution is -2.03. The van der Waals surface area contributed by atoms with E-state index in [2.05, 4.69) is 49.3 Å². The van der Waals surface area contributed by atoms with Crippen LogP contribution in [0.25, 0.3) is 11.1 Å². The molecule has 2 rings (SSSR count). The number of hydrogen-bond donors (Lipinski definition) is 1. The van der Waals surface area contributed by atoms with Gasteiger partial charge < -0.3 is 5.32 Å². The Hall–Kier alpha value is -2.16. The van der Waals surface area contributed by atoms with Gasteiger partial charge in [-0.25, -0.2) is 0 Å². The fraction of sp³-hybridized carbons (Fsp3) is 0.333. The number of aryl methyl sites for hydroxylation is 1. The average Bonchev–Trinajstić information content (AvgIpc) is 2.49. The molecule has 3 nitrogen and oxygen atoms in total. The zero-order valence-electron chi connectivity index (χ0n) is 12.9. The number of anilines is 1. The van der Waals surface area contributed by atoms with E-state index in [4.69, 9.17) is 0 Å². The highest BCUT2D eigenvalue weighted by molar-refractivity contribution is 5.79. The summed E-state index contributed by atoms with van der Waals surface area (Å²) in [7, 11) is 0. The third-order valence-electron chi connectivity index (χ3n) is 3.60. The maximum atomic E-state index is 10.8. The highest BCUT2D eigenvalue weighted by Crippen LogP contribution is 2.34. The highest BCUT2D eigenvalue weighted by Gasteiger charge is 2.13. The molecule has 0 radical (unpaired) electrons. The number of carbonyl (C=O) groups is 1. The molecule has 0 fully saturated rings. The van der Waals surface area contributed by atoms with Crippen molar-refractivity contribution in [2.24, 2.45) is 0 Å². The number of nitrogens with zero attached hydrogens (tertiary/aromatic N) is 1. The lowest BCUT2D eigenvalue weighted by atomic mass is 9.89. The minimum atomic E-state index is 0.378. The smallest absolute Gasteiger partial charge is 0.211 e. The maximum Gasteiger partial charge on any atom is 0.211 e. The van der Waals surface area contributed by atoms with Crippen molar-refractivity contribution in [3.05, 3.63) is 47.8 Å². The molecule has 1 aromatic carbocycles. The summed E-state index contributed by atoms with van der Waals surface area (Å²) in [6.07, 6.45) is 6.42. The van der Waals surface area contributed by atoms with Crippen molar-refractivity contribution in [3.63, 3.8) is 0 Å². The fourth-order valence-corrected chi connectivity index (χ4v) is 2.59. The normalized spacial score (nSPS) is 10.7. The standard InChI is InChI=1S/C18H22N2O/c1-4-6-14-9-17(15-7-5-8-19-11-15)16(13(2)3)10-18(14)20-12-21/h5,7-13H,4,6H2,1-3H3,(H,20,21). The number of pyridine rings is 1. The van der Waals surface area contributed by atoms with E-state index < -0.39 is 0 Å². The first-order valence-corrected chi connectivity index (χ1v) is 7.44. The average molecular weight is 282 g/mol. The van der Waals surface area contributed by atoms with Gasteiger partial charge in [-0.3, -0.25) is 9.78 Å². The number of nitrogens with one attached hydrogen (secondary N) is 1. The van der Waals surface area contributed by atoms with Crippen molar-refractivity contribution in [2.45, 2.75) is 39.5 Å². The van der Waals surface area contributed by atoms with Gasteiger partial charge in [0.05, 0.1) is 0 Å². The van der Waals surface area contributed by atoms with Crippen LogP contribution in [0.15, 0.2) is 36.7 Å². The van der Waals surface area contributed by atoms with Crippen molar-refractivity contribution in [3.8, 4) is 11.1 Å². The minimum absolute atomic E-state index is 0.378. The monoisotopic (exact) mass is 282 g/mol. The molecule has 0 aliphatic carbocycles. The Morgan fingerprint density at radius 1 is 1.33 bits per heavy atom. The Kier molecular flexibility index (Phi) is 5.09. The van der Waals surface area contributed by atoms with Crippen molar-refractivity contribution in [1.29, 1.82) is 0 Å². The van der Waals surface area contributed by atoms with Crippen molar-refractivity contribution >= 4 is 12.1 Å². The van der Waals surface area contributed by atoms with Gasteiger partial charge in [-0.1, -0.05) is 33.3 Å². The van der Waals surface area contributed by atoms with Gasteiger partial charge in [0.1, 0.15) is 0 Å². The molecule has 1 amide bonds. The second-order valence-electron chi connectivity index (χ2n) is 5.51. The number of amides is 1. The van der Waals surface area contributed by atoms with Crippen molar-refractivity contribution < 1.29 is 4.79 Å². The van der Waals surface area contributed by atoms with Gasteiger partial charge in [-0.15, -0.1) is 0 Å². The SMILES string of the molecule is CCCc1cc(-c2cccnc2)c(C(C)C)cc1NC=O. The molecule has 0 saturated carbocycles. The Morgan fingerprint density at radius 2 is 2.14 bits per heavy atom. The molecule has 0 unspecified atom stereocenters. The second kappa shape index (κ2) is 7.02. The number of carbonyl (C=O) groups excluding carboxylic acids is 1. The molecule has 1 aromatic heterocycles. The Bertz CT molecular complexity index is 606. The number of aromatic nitrogens is 1. The molecule has 2 aromatic rings. The van der Waals surface area contributed by atoms with E-state index in [1.165, 1.54) is 16.7 Å². The lowest BCUT2D eigenvalue weighted by molar-refractivity contribution is -0.105. The molecule has 1 heterocycles. The zero-order chi connectivity index (χ0) is 15.2. The van der Waals surface area contributed by atoms with Crippen LogP contribution in [0.4, 0.5) is 5.69 Å². The first kappa shape index (κ1) is 15.2. The van der Waals surface area contributed by atoms with E-state index in [0.29, 0.717) is 5.92 Å². The summed E-state index contributed by atoms with van der Waals surface area (Å²) in [6, 6.07) is 8.33. The highest BCUT2D eigenvalue weighted by atomic mass is 16.1. The summed E-state index contributed by atoms with van der Waals surface area (Å²) in [6.45, 7) is 6.48. The van der Waals surface area contributed by atoms with Gasteiger partial charge in [-0.05, 0) is 47.2 Å². The predicted molar refractivity (Wildman–Crippen MR) is 87.4 cm³/mol. The van der Waals surface area contributed by atoms with E-state index in [-0.39, 0.29) is 0 Å². The summed E-state index contributed by atoms with van der Waals surface area (Å²) in [5.41, 5.74) is 5.65. The minimum Gasteiger partial charge on any atom is -0.328 e. The van der Waals surface area contributed by atoms with E-state index in [1.807, 2.05) is 12.3 Å². The van der Waals surface area contributed by atoms with E-state index in [0.717, 1.165) is 30.5 Å². The molecule has 21 heavy (non-hydrogen) atoms. The molecular formula is C18H22N2O. The van der Waals surface area contributed by atoms with Crippen LogP contribution in [0.5, 0.6) is 0 Å². The molecule has 0 bridgehead atoms. The predicted octanol–water partition coefficient (Wildman–Crippen LogP) is 4.39. The van der Waals surface area contributed by atoms with Crippen LogP contribution >= 0.6 is 0 Å². The van der Waals surface area contributed by atoms with Crippen molar-refractivity contribution in [2.75, 3.05) is 5.32 Å². The van der Waals surface area contributed by atoms with Gasteiger partial charge in [0, 0.05) is 23.6 Å². The Balaban J connectivity index is 2.61. The van der Waals surface area contributed by atoms with Crippen LogP contribution in [0.2, 0.25) is 0 Å². The first-order valence-electron chi connectivity index (χ1n) is 7.44. The Morgan fingerprint density at radius 3 is 2.71 bits per heavy atom. The molecule has 1 N–H and O–H groups in total. The van der Waals surface area contributed by atoms with E-state index in [1.54, 1.807) is 6.20 Å². The summed E-state index contributed by atoms with van der Waals surface area (Å²) >= 11 is 0. The summed E-state index contributed by atoms with van der Waals surface area (Å²) in [5, 5.41) is 2.84. The summed E-state index contributed by atoms with van der Waals surface area (Å²) in [4.78, 5) is 15.1. The molecule has 110 valence electrons. The second-order valence-corrected chi connectivity index (χ2v) is 5.51. The first-order chi connectivity index (χ1) is 10.2. The molecule has 0 aliphatic rings. The van der Waals surface area contributed by atoms with Crippen LogP contribution < -0.4 is 5.32 Å². The van der Waals surface area contributed by atoms with Gasteiger partial charge in [0.2, 0.25) is 6.41 Å². The molecule has 0 aliphatic heterocycles. The Labute approximate surface area is 126 Å². The maximum absolute atomic E-state index is 10.8. The lowest BCUT2D eigenvalue weighted by Gasteiger charge is -2.18. The quantitative estimate of drug-likeness (QED) is 0.798. The molecule has 0 spiro atoms.